The van der Waals surface area contributed by atoms with Gasteiger partial charge in [0.1, 0.15) is 6.26 Å². The molecule has 0 saturated carbocycles. The molecule has 1 amide bonds. The number of thiophene rings is 1. The van der Waals surface area contributed by atoms with Crippen molar-refractivity contribution in [3.8, 4) is 0 Å². The van der Waals surface area contributed by atoms with E-state index in [1.807, 2.05) is 5.38 Å². The summed E-state index contributed by atoms with van der Waals surface area (Å²) in [4.78, 5) is 26.1. The molecule has 7 heteroatoms. The van der Waals surface area contributed by atoms with Gasteiger partial charge in [-0.15, -0.1) is 11.3 Å². The van der Waals surface area contributed by atoms with Crippen LogP contribution in [-0.2, 0) is 11.2 Å². The van der Waals surface area contributed by atoms with E-state index in [9.17, 15) is 14.7 Å². The number of fused-ring (bicyclic) bond motifs is 1. The van der Waals surface area contributed by atoms with Crippen molar-refractivity contribution in [1.82, 2.24) is 10.1 Å². The number of hydrogen-bond donors (Lipinski definition) is 1. The van der Waals surface area contributed by atoms with Crippen molar-refractivity contribution in [2.75, 3.05) is 6.54 Å². The van der Waals surface area contributed by atoms with Crippen LogP contribution in [0.5, 0.6) is 0 Å². The van der Waals surface area contributed by atoms with E-state index in [0.717, 1.165) is 4.88 Å². The van der Waals surface area contributed by atoms with E-state index in [1.165, 1.54) is 28.6 Å². The number of carbonyl (C=O) groups is 2. The molecule has 0 aliphatic carbocycles. The number of carboxylic acid groups (broad SMARTS) is 1. The topological polar surface area (TPSA) is 83.6 Å². The molecule has 1 aliphatic heterocycles. The first kappa shape index (κ1) is 11.9. The molecule has 6 nitrogen and oxygen atoms in total. The van der Waals surface area contributed by atoms with Gasteiger partial charge in [0, 0.05) is 17.5 Å². The van der Waals surface area contributed by atoms with Crippen LogP contribution in [0, 0.1) is 0 Å². The minimum Gasteiger partial charge on any atom is -0.479 e. The van der Waals surface area contributed by atoms with Crippen LogP contribution in [0.4, 0.5) is 0 Å². The van der Waals surface area contributed by atoms with Crippen molar-refractivity contribution >= 4 is 23.2 Å². The molecule has 1 aliphatic rings. The zero-order valence-corrected chi connectivity index (χ0v) is 10.6. The molecular formula is C12H10N2O4S. The van der Waals surface area contributed by atoms with Gasteiger partial charge in [-0.3, -0.25) is 4.79 Å². The molecule has 0 fully saturated rings. The molecule has 1 unspecified atom stereocenters. The lowest BCUT2D eigenvalue weighted by Gasteiger charge is -2.32. The van der Waals surface area contributed by atoms with Crippen molar-refractivity contribution in [2.45, 2.75) is 12.5 Å². The highest BCUT2D eigenvalue weighted by atomic mass is 32.1. The first-order chi connectivity index (χ1) is 9.18. The highest BCUT2D eigenvalue weighted by Crippen LogP contribution is 2.34. The summed E-state index contributed by atoms with van der Waals surface area (Å²) in [5.74, 6) is -1.45. The van der Waals surface area contributed by atoms with E-state index in [1.54, 1.807) is 6.07 Å². The van der Waals surface area contributed by atoms with E-state index in [-0.39, 0.29) is 5.69 Å². The van der Waals surface area contributed by atoms with E-state index >= 15 is 0 Å². The first-order valence-corrected chi connectivity index (χ1v) is 6.57. The molecule has 98 valence electrons. The number of aliphatic carboxylic acids is 1. The van der Waals surface area contributed by atoms with Gasteiger partial charge in [0.25, 0.3) is 5.91 Å². The molecule has 3 heterocycles. The summed E-state index contributed by atoms with van der Waals surface area (Å²) in [7, 11) is 0. The van der Waals surface area contributed by atoms with Gasteiger partial charge in [-0.25, -0.2) is 4.79 Å². The second-order valence-corrected chi connectivity index (χ2v) is 5.17. The molecule has 0 bridgehead atoms. The molecule has 0 aromatic carbocycles. The number of aromatic nitrogens is 1. The van der Waals surface area contributed by atoms with Gasteiger partial charge in [-0.05, 0) is 23.4 Å². The van der Waals surface area contributed by atoms with Gasteiger partial charge in [0.2, 0.25) is 0 Å². The van der Waals surface area contributed by atoms with E-state index < -0.39 is 17.9 Å². The molecule has 2 aromatic rings. The van der Waals surface area contributed by atoms with Crippen molar-refractivity contribution < 1.29 is 19.2 Å². The van der Waals surface area contributed by atoms with Crippen molar-refractivity contribution in [3.63, 3.8) is 0 Å². The second kappa shape index (κ2) is 4.51. The van der Waals surface area contributed by atoms with Crippen LogP contribution in [0.3, 0.4) is 0 Å². The Balaban J connectivity index is 1.98. The number of nitrogens with zero attached hydrogens (tertiary/aromatic N) is 2. The molecular weight excluding hydrogens is 268 g/mol. The fourth-order valence-corrected chi connectivity index (χ4v) is 3.18. The highest BCUT2D eigenvalue weighted by molar-refractivity contribution is 7.10. The minimum atomic E-state index is -1.03. The predicted molar refractivity (Wildman–Crippen MR) is 65.9 cm³/mol. The zero-order chi connectivity index (χ0) is 13.4. The van der Waals surface area contributed by atoms with Gasteiger partial charge in [0.05, 0.1) is 0 Å². The minimum absolute atomic E-state index is 0.130. The summed E-state index contributed by atoms with van der Waals surface area (Å²) < 4.78 is 4.63. The number of carboxylic acids is 1. The Kier molecular flexibility index (Phi) is 2.83. The average Bonchev–Trinajstić information content (AvgIpc) is 3.06. The van der Waals surface area contributed by atoms with Crippen LogP contribution in [-0.4, -0.2) is 33.6 Å². The van der Waals surface area contributed by atoms with Crippen LogP contribution in [0.15, 0.2) is 28.3 Å². The summed E-state index contributed by atoms with van der Waals surface area (Å²) in [5.41, 5.74) is 0.825. The lowest BCUT2D eigenvalue weighted by Crippen LogP contribution is -2.43. The molecule has 0 radical (unpaired) electrons. The fraction of sp³-hybridized carbons (Fsp3) is 0.250. The van der Waals surface area contributed by atoms with Gasteiger partial charge < -0.3 is 14.5 Å². The number of carbonyl (C=O) groups excluding carboxylic acids is 1. The Morgan fingerprint density at radius 2 is 2.32 bits per heavy atom. The van der Waals surface area contributed by atoms with Crippen LogP contribution in [0.2, 0.25) is 0 Å². The maximum Gasteiger partial charge on any atom is 0.331 e. The summed E-state index contributed by atoms with van der Waals surface area (Å²) in [6, 6.07) is 2.25. The summed E-state index contributed by atoms with van der Waals surface area (Å²) in [6.45, 7) is 0.371. The van der Waals surface area contributed by atoms with Gasteiger partial charge in [0.15, 0.2) is 11.7 Å². The third-order valence-corrected chi connectivity index (χ3v) is 4.11. The van der Waals surface area contributed by atoms with Crippen LogP contribution < -0.4 is 0 Å². The predicted octanol–water partition coefficient (Wildman–Crippen LogP) is 1.56. The van der Waals surface area contributed by atoms with Gasteiger partial charge in [-0.1, -0.05) is 5.16 Å². The molecule has 0 spiro atoms. The summed E-state index contributed by atoms with van der Waals surface area (Å²) in [6.07, 6.45) is 1.96. The Labute approximate surface area is 112 Å². The van der Waals surface area contributed by atoms with Gasteiger partial charge in [-0.2, -0.15) is 0 Å². The number of rotatable bonds is 2. The van der Waals surface area contributed by atoms with E-state index in [0.29, 0.717) is 18.5 Å². The third-order valence-electron chi connectivity index (χ3n) is 3.12. The molecule has 19 heavy (non-hydrogen) atoms. The normalized spacial score (nSPS) is 18.1. The van der Waals surface area contributed by atoms with Crippen molar-refractivity contribution in [3.05, 3.63) is 39.9 Å². The van der Waals surface area contributed by atoms with E-state index in [2.05, 4.69) is 9.68 Å². The summed E-state index contributed by atoms with van der Waals surface area (Å²) >= 11 is 1.52. The first-order valence-electron chi connectivity index (χ1n) is 5.69. The molecule has 2 aromatic heterocycles. The van der Waals surface area contributed by atoms with Crippen molar-refractivity contribution in [2.24, 2.45) is 0 Å². The molecule has 0 saturated heterocycles. The van der Waals surface area contributed by atoms with Crippen molar-refractivity contribution in [1.29, 1.82) is 0 Å². The number of amides is 1. The van der Waals surface area contributed by atoms with Gasteiger partial charge >= 0.3 is 5.97 Å². The lowest BCUT2D eigenvalue weighted by atomic mass is 9.99. The Morgan fingerprint density at radius 1 is 1.47 bits per heavy atom. The third kappa shape index (κ3) is 1.91. The standard InChI is InChI=1S/C12H10N2O4S/c15-11(8-2-5-18-13-8)14-4-1-9-7(3-6-19-9)10(14)12(16)17/h2-3,5-6,10H,1,4H2,(H,16,17). The zero-order valence-electron chi connectivity index (χ0n) is 9.78. The fourth-order valence-electron chi connectivity index (χ4n) is 2.27. The number of hydrogen-bond acceptors (Lipinski definition) is 5. The largest absolute Gasteiger partial charge is 0.479 e. The quantitative estimate of drug-likeness (QED) is 0.901. The Morgan fingerprint density at radius 3 is 3.00 bits per heavy atom. The van der Waals surface area contributed by atoms with Crippen LogP contribution >= 0.6 is 11.3 Å². The smallest absolute Gasteiger partial charge is 0.331 e. The average molecular weight is 278 g/mol. The lowest BCUT2D eigenvalue weighted by molar-refractivity contribution is -0.143. The highest BCUT2D eigenvalue weighted by Gasteiger charge is 2.37. The second-order valence-electron chi connectivity index (χ2n) is 4.17. The Hall–Kier alpha value is -2.15. The maximum absolute atomic E-state index is 12.3. The molecule has 1 N–H and O–H groups in total. The maximum atomic E-state index is 12.3. The molecule has 1 atom stereocenters. The summed E-state index contributed by atoms with van der Waals surface area (Å²) in [5, 5.41) is 14.8. The van der Waals surface area contributed by atoms with Crippen LogP contribution in [0.1, 0.15) is 27.0 Å². The SMILES string of the molecule is O=C(O)C1c2ccsc2CCN1C(=O)c1ccon1. The Bertz CT molecular complexity index is 619. The van der Waals surface area contributed by atoms with Crippen LogP contribution in [0.25, 0.3) is 0 Å². The molecule has 3 rings (SSSR count). The monoisotopic (exact) mass is 278 g/mol. The van der Waals surface area contributed by atoms with E-state index in [4.69, 9.17) is 0 Å².